The fourth-order valence-electron chi connectivity index (χ4n) is 5.99. The van der Waals surface area contributed by atoms with Crippen LogP contribution in [0.25, 0.3) is 21.9 Å². The molecule has 0 bridgehead atoms. The van der Waals surface area contributed by atoms with Gasteiger partial charge in [0.25, 0.3) is 0 Å². The van der Waals surface area contributed by atoms with E-state index >= 15 is 0 Å². The number of aromatic carboxylic acids is 1. The van der Waals surface area contributed by atoms with Gasteiger partial charge in [0.2, 0.25) is 5.88 Å². The Kier molecular flexibility index (Phi) is 7.46. The number of piperidine rings is 1. The Morgan fingerprint density at radius 1 is 1.02 bits per heavy atom. The SMILES string of the molecule is O=C(O)c1ccc2nc(CN3CCC(c4cccc(OCc5cc6cccnc6cc5F)n4)CC3)n(C[C@@H]3CCO3)c2c1. The van der Waals surface area contributed by atoms with Gasteiger partial charge in [0.1, 0.15) is 18.2 Å². The standard InChI is InChI=1S/C33H32FN5O4/c34-26-17-29-22(3-2-11-35-29)15-24(26)20-43-32-5-1-4-27(37-32)21-8-12-38(13-9-21)19-31-36-28-7-6-23(33(40)41)16-30(28)39(31)18-25-10-14-42-25/h1-7,11,15-17,21,25H,8-10,12-14,18-20H2,(H,40,41)/t25-/m0/s1. The predicted molar refractivity (Wildman–Crippen MR) is 159 cm³/mol. The van der Waals surface area contributed by atoms with Crippen LogP contribution in [-0.4, -0.2) is 61.3 Å². The van der Waals surface area contributed by atoms with Crippen LogP contribution in [0.3, 0.4) is 0 Å². The van der Waals surface area contributed by atoms with Gasteiger partial charge in [-0.05, 0) is 68.8 Å². The molecule has 9 nitrogen and oxygen atoms in total. The molecule has 2 aromatic carbocycles. The second kappa shape index (κ2) is 11.7. The number of hydrogen-bond acceptors (Lipinski definition) is 7. The molecule has 2 saturated heterocycles. The summed E-state index contributed by atoms with van der Waals surface area (Å²) in [6.07, 6.45) is 4.66. The maximum Gasteiger partial charge on any atom is 0.335 e. The number of benzene rings is 2. The lowest BCUT2D eigenvalue weighted by molar-refractivity contribution is -0.0592. The number of pyridine rings is 2. The molecule has 0 unspecified atom stereocenters. The molecule has 7 rings (SSSR count). The molecular weight excluding hydrogens is 549 g/mol. The molecule has 43 heavy (non-hydrogen) atoms. The van der Waals surface area contributed by atoms with E-state index in [1.807, 2.05) is 30.3 Å². The highest BCUT2D eigenvalue weighted by atomic mass is 19.1. The van der Waals surface area contributed by atoms with Crippen molar-refractivity contribution in [1.82, 2.24) is 24.4 Å². The Hall–Kier alpha value is -4.41. The fraction of sp³-hybridized carbons (Fsp3) is 0.333. The van der Waals surface area contributed by atoms with Gasteiger partial charge in [0.05, 0.1) is 41.3 Å². The summed E-state index contributed by atoms with van der Waals surface area (Å²) in [5.41, 5.74) is 3.96. The molecule has 10 heteroatoms. The summed E-state index contributed by atoms with van der Waals surface area (Å²) in [7, 11) is 0. The van der Waals surface area contributed by atoms with Crippen LogP contribution < -0.4 is 4.74 Å². The molecule has 2 aliphatic heterocycles. The van der Waals surface area contributed by atoms with E-state index < -0.39 is 5.97 Å². The molecule has 1 atom stereocenters. The zero-order valence-corrected chi connectivity index (χ0v) is 23.7. The third-order valence-electron chi connectivity index (χ3n) is 8.52. The molecule has 2 aliphatic rings. The van der Waals surface area contributed by atoms with E-state index in [2.05, 4.69) is 14.5 Å². The molecule has 220 valence electrons. The Morgan fingerprint density at radius 3 is 2.67 bits per heavy atom. The van der Waals surface area contributed by atoms with Crippen LogP contribution in [0.5, 0.6) is 5.88 Å². The Balaban J connectivity index is 1.01. The van der Waals surface area contributed by atoms with E-state index in [-0.39, 0.29) is 24.1 Å². The number of carboxylic acid groups (broad SMARTS) is 1. The van der Waals surface area contributed by atoms with Gasteiger partial charge in [-0.3, -0.25) is 9.88 Å². The van der Waals surface area contributed by atoms with Gasteiger partial charge < -0.3 is 19.1 Å². The first kappa shape index (κ1) is 27.4. The third kappa shape index (κ3) is 5.80. The monoisotopic (exact) mass is 581 g/mol. The van der Waals surface area contributed by atoms with Gasteiger partial charge in [-0.1, -0.05) is 12.1 Å². The molecule has 0 saturated carbocycles. The van der Waals surface area contributed by atoms with E-state index in [4.69, 9.17) is 19.4 Å². The number of carbonyl (C=O) groups is 1. The normalized spacial score (nSPS) is 17.7. The van der Waals surface area contributed by atoms with Crippen LogP contribution in [0.4, 0.5) is 4.39 Å². The molecule has 0 spiro atoms. The van der Waals surface area contributed by atoms with Crippen LogP contribution in [0, 0.1) is 5.82 Å². The maximum absolute atomic E-state index is 14.6. The third-order valence-corrected chi connectivity index (χ3v) is 8.52. The number of carboxylic acids is 1. The summed E-state index contributed by atoms with van der Waals surface area (Å²) in [6.45, 7) is 3.97. The highest BCUT2D eigenvalue weighted by Gasteiger charge is 2.26. The summed E-state index contributed by atoms with van der Waals surface area (Å²) in [4.78, 5) is 27.9. The highest BCUT2D eigenvalue weighted by Crippen LogP contribution is 2.30. The average molecular weight is 582 g/mol. The Labute approximate surface area is 247 Å². The Bertz CT molecular complexity index is 1800. The lowest BCUT2D eigenvalue weighted by Gasteiger charge is -2.32. The van der Waals surface area contributed by atoms with Gasteiger partial charge in [-0.15, -0.1) is 0 Å². The van der Waals surface area contributed by atoms with Crippen molar-refractivity contribution in [3.8, 4) is 5.88 Å². The van der Waals surface area contributed by atoms with Gasteiger partial charge >= 0.3 is 5.97 Å². The molecule has 1 N–H and O–H groups in total. The molecule has 2 fully saturated rings. The molecule has 0 radical (unpaired) electrons. The molecule has 0 amide bonds. The van der Waals surface area contributed by atoms with Gasteiger partial charge in [-0.25, -0.2) is 19.2 Å². The zero-order chi connectivity index (χ0) is 29.3. The number of hydrogen-bond donors (Lipinski definition) is 1. The minimum Gasteiger partial charge on any atom is -0.478 e. The van der Waals surface area contributed by atoms with Crippen LogP contribution in [0.1, 0.15) is 52.6 Å². The van der Waals surface area contributed by atoms with Crippen molar-refractivity contribution in [3.63, 3.8) is 0 Å². The van der Waals surface area contributed by atoms with Crippen LogP contribution >= 0.6 is 0 Å². The van der Waals surface area contributed by atoms with Crippen molar-refractivity contribution in [3.05, 3.63) is 95.3 Å². The van der Waals surface area contributed by atoms with Crippen molar-refractivity contribution in [2.24, 2.45) is 0 Å². The first-order chi connectivity index (χ1) is 21.0. The van der Waals surface area contributed by atoms with Crippen molar-refractivity contribution < 1.29 is 23.8 Å². The summed E-state index contributed by atoms with van der Waals surface area (Å²) < 4.78 is 28.4. The number of rotatable bonds is 9. The smallest absolute Gasteiger partial charge is 0.335 e. The van der Waals surface area contributed by atoms with Crippen molar-refractivity contribution >= 4 is 27.9 Å². The molecule has 3 aromatic heterocycles. The van der Waals surface area contributed by atoms with Gasteiger partial charge in [0, 0.05) is 47.5 Å². The number of halogens is 1. The summed E-state index contributed by atoms with van der Waals surface area (Å²) in [5.74, 6) is 0.420. The number of fused-ring (bicyclic) bond motifs is 2. The second-order valence-electron chi connectivity index (χ2n) is 11.3. The minimum absolute atomic E-state index is 0.0897. The van der Waals surface area contributed by atoms with E-state index in [1.54, 1.807) is 30.5 Å². The number of nitrogens with zero attached hydrogens (tertiary/aromatic N) is 5. The topological polar surface area (TPSA) is 103 Å². The van der Waals surface area contributed by atoms with E-state index in [1.165, 1.54) is 6.07 Å². The van der Waals surface area contributed by atoms with Crippen molar-refractivity contribution in [1.29, 1.82) is 0 Å². The molecular formula is C33H32FN5O4. The first-order valence-corrected chi connectivity index (χ1v) is 14.7. The van der Waals surface area contributed by atoms with Crippen molar-refractivity contribution in [2.75, 3.05) is 19.7 Å². The molecule has 0 aliphatic carbocycles. The van der Waals surface area contributed by atoms with Crippen LogP contribution in [-0.2, 0) is 24.4 Å². The summed E-state index contributed by atoms with van der Waals surface area (Å²) in [6, 6.07) is 17.9. The van der Waals surface area contributed by atoms with E-state index in [9.17, 15) is 14.3 Å². The van der Waals surface area contributed by atoms with E-state index in [0.717, 1.165) is 66.9 Å². The first-order valence-electron chi connectivity index (χ1n) is 14.7. The average Bonchev–Trinajstić information content (AvgIpc) is 3.34. The van der Waals surface area contributed by atoms with Crippen LogP contribution in [0.15, 0.2) is 66.9 Å². The number of likely N-dealkylation sites (tertiary alicyclic amines) is 1. The maximum atomic E-state index is 14.6. The molecule has 5 aromatic rings. The number of imidazole rings is 1. The predicted octanol–water partition coefficient (Wildman–Crippen LogP) is 5.56. The highest BCUT2D eigenvalue weighted by molar-refractivity contribution is 5.92. The lowest BCUT2D eigenvalue weighted by Crippen LogP contribution is -2.35. The van der Waals surface area contributed by atoms with Crippen molar-refractivity contribution in [2.45, 2.75) is 51.0 Å². The second-order valence-corrected chi connectivity index (χ2v) is 11.3. The lowest BCUT2D eigenvalue weighted by atomic mass is 9.93. The van der Waals surface area contributed by atoms with Gasteiger partial charge in [0.15, 0.2) is 0 Å². The quantitative estimate of drug-likeness (QED) is 0.241. The summed E-state index contributed by atoms with van der Waals surface area (Å²) in [5, 5.41) is 10.4. The summed E-state index contributed by atoms with van der Waals surface area (Å²) >= 11 is 0. The van der Waals surface area contributed by atoms with E-state index in [0.29, 0.717) is 36.0 Å². The Morgan fingerprint density at radius 2 is 1.88 bits per heavy atom. The fourth-order valence-corrected chi connectivity index (χ4v) is 5.99. The number of ether oxygens (including phenoxy) is 2. The number of aromatic nitrogens is 4. The largest absolute Gasteiger partial charge is 0.478 e. The molecule has 5 heterocycles. The zero-order valence-electron chi connectivity index (χ0n) is 23.7. The van der Waals surface area contributed by atoms with Crippen LogP contribution in [0.2, 0.25) is 0 Å². The minimum atomic E-state index is -0.945. The van der Waals surface area contributed by atoms with Gasteiger partial charge in [-0.2, -0.15) is 0 Å².